The van der Waals surface area contributed by atoms with Crippen LogP contribution >= 0.6 is 11.6 Å². The van der Waals surface area contributed by atoms with Gasteiger partial charge in [0.15, 0.2) is 0 Å². The van der Waals surface area contributed by atoms with Gasteiger partial charge in [0.2, 0.25) is 0 Å². The molecule has 6 heteroatoms. The molecule has 1 aliphatic carbocycles. The van der Waals surface area contributed by atoms with Gasteiger partial charge in [0, 0.05) is 17.6 Å². The summed E-state index contributed by atoms with van der Waals surface area (Å²) in [5.41, 5.74) is 1.92. The number of benzene rings is 1. The van der Waals surface area contributed by atoms with Crippen molar-refractivity contribution in [3.05, 3.63) is 28.9 Å². The molecule has 0 aliphatic heterocycles. The first-order valence-corrected chi connectivity index (χ1v) is 9.11. The summed E-state index contributed by atoms with van der Waals surface area (Å²) in [6.07, 6.45) is 7.42. The minimum atomic E-state index is -0.371. The Hall–Kier alpha value is -2.01. The van der Waals surface area contributed by atoms with E-state index in [1.54, 1.807) is 26.3 Å². The van der Waals surface area contributed by atoms with E-state index in [0.29, 0.717) is 29.0 Å². The van der Waals surface area contributed by atoms with Crippen molar-refractivity contribution in [2.75, 3.05) is 19.0 Å². The molecule has 3 rings (SSSR count). The predicted octanol–water partition coefficient (Wildman–Crippen LogP) is 4.82. The second-order valence-corrected chi connectivity index (χ2v) is 6.66. The SMILES string of the molecule is CCOC(=O)c1cnc2cc(Cl)c(OC)cc2c1NC1CCCCC1. The Kier molecular flexibility index (Phi) is 5.63. The number of carbonyl (C=O) groups excluding carboxylic acids is 1. The zero-order valence-electron chi connectivity index (χ0n) is 14.6. The molecule has 0 saturated heterocycles. The molecule has 25 heavy (non-hydrogen) atoms. The number of pyridine rings is 1. The highest BCUT2D eigenvalue weighted by Gasteiger charge is 2.21. The lowest BCUT2D eigenvalue weighted by Gasteiger charge is -2.25. The molecule has 0 amide bonds. The summed E-state index contributed by atoms with van der Waals surface area (Å²) < 4.78 is 10.6. The number of hydrogen-bond donors (Lipinski definition) is 1. The van der Waals surface area contributed by atoms with Crippen LogP contribution in [0.1, 0.15) is 49.4 Å². The molecule has 1 N–H and O–H groups in total. The molecule has 1 fully saturated rings. The first kappa shape index (κ1) is 17.8. The number of rotatable bonds is 5. The lowest BCUT2D eigenvalue weighted by atomic mass is 9.94. The summed E-state index contributed by atoms with van der Waals surface area (Å²) in [4.78, 5) is 16.8. The summed E-state index contributed by atoms with van der Waals surface area (Å²) >= 11 is 6.22. The maximum absolute atomic E-state index is 12.4. The van der Waals surface area contributed by atoms with Gasteiger partial charge in [-0.05, 0) is 31.9 Å². The normalized spacial score (nSPS) is 15.2. The van der Waals surface area contributed by atoms with E-state index in [4.69, 9.17) is 21.1 Å². The molecule has 5 nitrogen and oxygen atoms in total. The van der Waals surface area contributed by atoms with Crippen LogP contribution in [0.3, 0.4) is 0 Å². The number of fused-ring (bicyclic) bond motifs is 1. The number of esters is 1. The van der Waals surface area contributed by atoms with Gasteiger partial charge >= 0.3 is 5.97 Å². The van der Waals surface area contributed by atoms with Crippen LogP contribution in [-0.4, -0.2) is 30.7 Å². The minimum absolute atomic E-state index is 0.323. The molecule has 1 aliphatic rings. The van der Waals surface area contributed by atoms with Gasteiger partial charge in [-0.1, -0.05) is 30.9 Å². The van der Waals surface area contributed by atoms with Gasteiger partial charge in [-0.3, -0.25) is 4.98 Å². The molecule has 1 aromatic carbocycles. The molecule has 2 aromatic rings. The zero-order valence-corrected chi connectivity index (χ0v) is 15.4. The van der Waals surface area contributed by atoms with Gasteiger partial charge in [0.25, 0.3) is 0 Å². The molecule has 1 heterocycles. The number of ether oxygens (including phenoxy) is 2. The molecular weight excluding hydrogens is 340 g/mol. The van der Waals surface area contributed by atoms with Crippen LogP contribution in [0.2, 0.25) is 5.02 Å². The average molecular weight is 363 g/mol. The number of anilines is 1. The fourth-order valence-electron chi connectivity index (χ4n) is 3.32. The van der Waals surface area contributed by atoms with Crippen molar-refractivity contribution in [3.8, 4) is 5.75 Å². The standard InChI is InChI=1S/C19H23ClN2O3/c1-3-25-19(23)14-11-21-16-10-15(20)17(24-2)9-13(16)18(14)22-12-7-5-4-6-8-12/h9-12H,3-8H2,1-2H3,(H,21,22). The summed E-state index contributed by atoms with van der Waals surface area (Å²) in [5.74, 6) is 0.188. The summed E-state index contributed by atoms with van der Waals surface area (Å²) in [7, 11) is 1.57. The quantitative estimate of drug-likeness (QED) is 0.773. The number of nitrogens with one attached hydrogen (secondary N) is 1. The smallest absolute Gasteiger partial charge is 0.341 e. The van der Waals surface area contributed by atoms with Crippen LogP contribution in [0.5, 0.6) is 5.75 Å². The first-order valence-electron chi connectivity index (χ1n) is 8.74. The van der Waals surface area contributed by atoms with Gasteiger partial charge in [0.05, 0.1) is 29.9 Å². The second kappa shape index (κ2) is 7.91. The molecule has 0 spiro atoms. The molecule has 0 unspecified atom stereocenters. The lowest BCUT2D eigenvalue weighted by molar-refractivity contribution is 0.0527. The van der Waals surface area contributed by atoms with Crippen molar-refractivity contribution < 1.29 is 14.3 Å². The third-order valence-electron chi connectivity index (χ3n) is 4.59. The predicted molar refractivity (Wildman–Crippen MR) is 99.8 cm³/mol. The number of hydrogen-bond acceptors (Lipinski definition) is 5. The van der Waals surface area contributed by atoms with E-state index in [1.807, 2.05) is 6.07 Å². The van der Waals surface area contributed by atoms with E-state index in [9.17, 15) is 4.79 Å². The topological polar surface area (TPSA) is 60.5 Å². The van der Waals surface area contributed by atoms with Crippen LogP contribution in [0.15, 0.2) is 18.3 Å². The third kappa shape index (κ3) is 3.82. The van der Waals surface area contributed by atoms with Crippen molar-refractivity contribution >= 4 is 34.2 Å². The van der Waals surface area contributed by atoms with Gasteiger partial charge in [-0.25, -0.2) is 4.79 Å². The maximum atomic E-state index is 12.4. The maximum Gasteiger partial charge on any atom is 0.341 e. The van der Waals surface area contributed by atoms with Crippen molar-refractivity contribution in [2.24, 2.45) is 0 Å². The Morgan fingerprint density at radius 2 is 2.08 bits per heavy atom. The highest BCUT2D eigenvalue weighted by Crippen LogP contribution is 2.36. The largest absolute Gasteiger partial charge is 0.495 e. The highest BCUT2D eigenvalue weighted by molar-refractivity contribution is 6.33. The second-order valence-electron chi connectivity index (χ2n) is 6.25. The molecular formula is C19H23ClN2O3. The molecule has 0 atom stereocenters. The molecule has 0 bridgehead atoms. The Balaban J connectivity index is 2.11. The van der Waals surface area contributed by atoms with Crippen molar-refractivity contribution in [2.45, 2.75) is 45.1 Å². The van der Waals surface area contributed by atoms with Crippen LogP contribution in [0.4, 0.5) is 5.69 Å². The van der Waals surface area contributed by atoms with Crippen molar-refractivity contribution in [1.82, 2.24) is 4.98 Å². The summed E-state index contributed by atoms with van der Waals surface area (Å²) in [6, 6.07) is 3.93. The fourth-order valence-corrected chi connectivity index (χ4v) is 3.56. The van der Waals surface area contributed by atoms with Crippen LogP contribution < -0.4 is 10.1 Å². The number of aromatic nitrogens is 1. The third-order valence-corrected chi connectivity index (χ3v) is 4.89. The summed E-state index contributed by atoms with van der Waals surface area (Å²) in [6.45, 7) is 2.12. The van der Waals surface area contributed by atoms with E-state index < -0.39 is 0 Å². The van der Waals surface area contributed by atoms with Crippen LogP contribution in [-0.2, 0) is 4.74 Å². The van der Waals surface area contributed by atoms with E-state index in [0.717, 1.165) is 29.4 Å². The summed E-state index contributed by atoms with van der Waals surface area (Å²) in [5, 5.41) is 4.88. The monoisotopic (exact) mass is 362 g/mol. The van der Waals surface area contributed by atoms with Gasteiger partial charge in [-0.15, -0.1) is 0 Å². The Bertz CT molecular complexity index is 773. The fraction of sp³-hybridized carbons (Fsp3) is 0.474. The molecule has 134 valence electrons. The first-order chi connectivity index (χ1) is 12.1. The minimum Gasteiger partial charge on any atom is -0.495 e. The van der Waals surface area contributed by atoms with E-state index >= 15 is 0 Å². The number of carbonyl (C=O) groups is 1. The van der Waals surface area contributed by atoms with Crippen molar-refractivity contribution in [1.29, 1.82) is 0 Å². The van der Waals surface area contributed by atoms with Gasteiger partial charge < -0.3 is 14.8 Å². The average Bonchev–Trinajstić information content (AvgIpc) is 2.62. The van der Waals surface area contributed by atoms with Gasteiger partial charge in [-0.2, -0.15) is 0 Å². The van der Waals surface area contributed by atoms with E-state index in [1.165, 1.54) is 19.3 Å². The zero-order chi connectivity index (χ0) is 17.8. The van der Waals surface area contributed by atoms with Gasteiger partial charge in [0.1, 0.15) is 11.3 Å². The lowest BCUT2D eigenvalue weighted by Crippen LogP contribution is -2.24. The Labute approximate surface area is 152 Å². The number of nitrogens with zero attached hydrogens (tertiary/aromatic N) is 1. The number of halogens is 1. The Morgan fingerprint density at radius 3 is 2.76 bits per heavy atom. The highest BCUT2D eigenvalue weighted by atomic mass is 35.5. The van der Waals surface area contributed by atoms with E-state index in [-0.39, 0.29) is 5.97 Å². The van der Waals surface area contributed by atoms with Crippen LogP contribution in [0.25, 0.3) is 10.9 Å². The Morgan fingerprint density at radius 1 is 1.32 bits per heavy atom. The van der Waals surface area contributed by atoms with E-state index in [2.05, 4.69) is 10.3 Å². The molecule has 0 radical (unpaired) electrons. The number of methoxy groups -OCH3 is 1. The molecule has 1 saturated carbocycles. The van der Waals surface area contributed by atoms with Crippen molar-refractivity contribution in [3.63, 3.8) is 0 Å². The van der Waals surface area contributed by atoms with Crippen LogP contribution in [0, 0.1) is 0 Å². The molecule has 1 aromatic heterocycles.